The number of fused-ring (bicyclic) bond motifs is 5. The monoisotopic (exact) mass is 711 g/mol. The van der Waals surface area contributed by atoms with Gasteiger partial charge in [0.1, 0.15) is 0 Å². The summed E-state index contributed by atoms with van der Waals surface area (Å²) in [7, 11) is 0. The molecule has 0 radical (unpaired) electrons. The SMILES string of the molecule is [C-]#[N+]c1ccc(-c2nc3cc(-c4ccccc4)c4c5ccccc5nc(-c5ccccc5-c5cc(C#N)cc(C#N)c5)c4c3nc2-c2ccc([N+]#[C-])cc2)cc1. The van der Waals surface area contributed by atoms with E-state index in [9.17, 15) is 10.5 Å². The molecule has 0 aliphatic heterocycles. The molecule has 9 aromatic rings. The Bertz CT molecular complexity index is 3180. The molecular weight excluding hydrogens is 687 g/mol. The average Bonchev–Trinajstić information content (AvgIpc) is 3.28. The number of benzene rings is 7. The van der Waals surface area contributed by atoms with Gasteiger partial charge in [0.05, 0.1) is 70.0 Å². The van der Waals surface area contributed by atoms with Gasteiger partial charge in [0.2, 0.25) is 0 Å². The normalized spacial score (nSPS) is 10.8. The number of aromatic nitrogens is 3. The van der Waals surface area contributed by atoms with Gasteiger partial charge in [-0.15, -0.1) is 0 Å². The molecule has 0 amide bonds. The van der Waals surface area contributed by atoms with Crippen LogP contribution in [0.25, 0.3) is 98.4 Å². The minimum atomic E-state index is 0.388. The molecule has 0 unspecified atom stereocenters. The van der Waals surface area contributed by atoms with E-state index in [1.807, 2.05) is 84.9 Å². The molecule has 2 heterocycles. The van der Waals surface area contributed by atoms with Crippen LogP contribution >= 0.6 is 0 Å². The van der Waals surface area contributed by atoms with E-state index >= 15 is 0 Å². The number of rotatable bonds is 5. The lowest BCUT2D eigenvalue weighted by Crippen LogP contribution is -2.00. The topological polar surface area (TPSA) is 95.0 Å². The molecular formula is C49H25N7. The summed E-state index contributed by atoms with van der Waals surface area (Å²) in [4.78, 5) is 23.5. The first-order valence-corrected chi connectivity index (χ1v) is 17.7. The zero-order chi connectivity index (χ0) is 38.2. The number of hydrogen-bond donors (Lipinski definition) is 0. The van der Waals surface area contributed by atoms with Crippen LogP contribution in [0.3, 0.4) is 0 Å². The molecule has 0 aliphatic rings. The zero-order valence-corrected chi connectivity index (χ0v) is 29.6. The zero-order valence-electron chi connectivity index (χ0n) is 29.6. The molecule has 0 fully saturated rings. The third kappa shape index (κ3) is 5.72. The lowest BCUT2D eigenvalue weighted by atomic mass is 9.88. The summed E-state index contributed by atoms with van der Waals surface area (Å²) in [6.45, 7) is 15.1. The molecule has 2 aromatic heterocycles. The van der Waals surface area contributed by atoms with Crippen LogP contribution in [0, 0.1) is 35.8 Å². The van der Waals surface area contributed by atoms with Crippen molar-refractivity contribution in [1.29, 1.82) is 10.5 Å². The Morgan fingerprint density at radius 2 is 0.982 bits per heavy atom. The Kier molecular flexibility index (Phi) is 8.23. The Balaban J connectivity index is 1.48. The van der Waals surface area contributed by atoms with Gasteiger partial charge in [0.25, 0.3) is 0 Å². The second-order valence-electron chi connectivity index (χ2n) is 13.2. The maximum atomic E-state index is 9.90. The van der Waals surface area contributed by atoms with E-state index < -0.39 is 0 Å². The molecule has 7 aromatic carbocycles. The van der Waals surface area contributed by atoms with Crippen LogP contribution in [-0.4, -0.2) is 15.0 Å². The number of hydrogen-bond acceptors (Lipinski definition) is 5. The van der Waals surface area contributed by atoms with Crippen LogP contribution in [-0.2, 0) is 0 Å². The minimum absolute atomic E-state index is 0.388. The van der Waals surface area contributed by atoms with Crippen molar-refractivity contribution in [1.82, 2.24) is 15.0 Å². The fraction of sp³-hybridized carbons (Fsp3) is 0. The van der Waals surface area contributed by atoms with Crippen LogP contribution in [0.1, 0.15) is 11.1 Å². The quantitative estimate of drug-likeness (QED) is 0.131. The summed E-state index contributed by atoms with van der Waals surface area (Å²) in [5.41, 5.74) is 11.7. The van der Waals surface area contributed by atoms with Gasteiger partial charge in [-0.05, 0) is 63.7 Å². The van der Waals surface area contributed by atoms with Crippen molar-refractivity contribution in [3.8, 4) is 68.2 Å². The third-order valence-corrected chi connectivity index (χ3v) is 9.91. The Morgan fingerprint density at radius 1 is 0.429 bits per heavy atom. The maximum Gasteiger partial charge on any atom is 0.187 e. The fourth-order valence-electron chi connectivity index (χ4n) is 7.35. The van der Waals surface area contributed by atoms with Crippen molar-refractivity contribution < 1.29 is 0 Å². The highest BCUT2D eigenvalue weighted by Crippen LogP contribution is 2.45. The summed E-state index contributed by atoms with van der Waals surface area (Å²) in [6.07, 6.45) is 0. The van der Waals surface area contributed by atoms with Crippen molar-refractivity contribution in [2.75, 3.05) is 0 Å². The lowest BCUT2D eigenvalue weighted by Gasteiger charge is -2.19. The van der Waals surface area contributed by atoms with Crippen molar-refractivity contribution in [3.63, 3.8) is 0 Å². The van der Waals surface area contributed by atoms with Gasteiger partial charge in [0.15, 0.2) is 11.4 Å². The first kappa shape index (κ1) is 33.4. The molecule has 0 atom stereocenters. The predicted molar refractivity (Wildman–Crippen MR) is 221 cm³/mol. The van der Waals surface area contributed by atoms with Gasteiger partial charge in [-0.25, -0.2) is 24.6 Å². The van der Waals surface area contributed by atoms with Gasteiger partial charge < -0.3 is 0 Å². The van der Waals surface area contributed by atoms with E-state index in [2.05, 4.69) is 46.1 Å². The van der Waals surface area contributed by atoms with Crippen molar-refractivity contribution in [2.24, 2.45) is 0 Å². The molecule has 0 saturated heterocycles. The lowest BCUT2D eigenvalue weighted by molar-refractivity contribution is 1.30. The largest absolute Gasteiger partial charge is 0.247 e. The van der Waals surface area contributed by atoms with Gasteiger partial charge >= 0.3 is 0 Å². The van der Waals surface area contributed by atoms with Crippen LogP contribution < -0.4 is 0 Å². The van der Waals surface area contributed by atoms with Crippen LogP contribution in [0.5, 0.6) is 0 Å². The first-order valence-electron chi connectivity index (χ1n) is 17.7. The van der Waals surface area contributed by atoms with Gasteiger partial charge in [-0.2, -0.15) is 10.5 Å². The van der Waals surface area contributed by atoms with Crippen LogP contribution in [0.2, 0.25) is 0 Å². The summed E-state index contributed by atoms with van der Waals surface area (Å²) in [6, 6.07) is 52.6. The maximum absolute atomic E-state index is 9.90. The van der Waals surface area contributed by atoms with E-state index in [1.54, 1.807) is 42.5 Å². The highest BCUT2D eigenvalue weighted by molar-refractivity contribution is 6.25. The van der Waals surface area contributed by atoms with Gasteiger partial charge in [-0.1, -0.05) is 121 Å². The standard InChI is InChI=1S/C49H25N7/c1-52-36-20-16-33(17-21-36)46-47(34-18-22-37(53-2)23-19-34)56-49-43(55-46)27-41(32-10-4-3-5-11-32)44-40-14-8-9-15-42(40)54-48(45(44)49)39-13-7-6-12-38(39)35-25-30(28-50)24-31(26-35)29-51/h3-27H. The van der Waals surface area contributed by atoms with E-state index in [4.69, 9.17) is 28.1 Å². The molecule has 0 bridgehead atoms. The van der Waals surface area contributed by atoms with Crippen LogP contribution in [0.4, 0.5) is 11.4 Å². The molecule has 0 saturated carbocycles. The molecule has 0 spiro atoms. The number of nitrogens with zero attached hydrogens (tertiary/aromatic N) is 7. The second-order valence-corrected chi connectivity index (χ2v) is 13.2. The third-order valence-electron chi connectivity index (χ3n) is 9.91. The summed E-state index contributed by atoms with van der Waals surface area (Å²) in [5.74, 6) is 0. The summed E-state index contributed by atoms with van der Waals surface area (Å²) >= 11 is 0. The average molecular weight is 712 g/mol. The Hall–Kier alpha value is -8.49. The van der Waals surface area contributed by atoms with E-state index in [1.165, 1.54) is 0 Å². The highest BCUT2D eigenvalue weighted by atomic mass is 14.8. The van der Waals surface area contributed by atoms with Gasteiger partial charge in [-0.3, -0.25) is 0 Å². The number of nitriles is 2. The first-order chi connectivity index (χ1) is 27.6. The molecule has 7 nitrogen and oxygen atoms in total. The summed E-state index contributed by atoms with van der Waals surface area (Å²) in [5, 5.41) is 22.5. The molecule has 56 heavy (non-hydrogen) atoms. The number of pyridine rings is 1. The Morgan fingerprint density at radius 3 is 1.61 bits per heavy atom. The number of para-hydroxylation sites is 1. The van der Waals surface area contributed by atoms with Crippen LogP contribution in [0.15, 0.2) is 152 Å². The molecule has 0 aliphatic carbocycles. The molecule has 256 valence electrons. The van der Waals surface area contributed by atoms with E-state index in [0.717, 1.165) is 60.6 Å². The summed E-state index contributed by atoms with van der Waals surface area (Å²) < 4.78 is 0. The molecule has 0 N–H and O–H groups in total. The van der Waals surface area contributed by atoms with Crippen molar-refractivity contribution in [3.05, 3.63) is 186 Å². The van der Waals surface area contributed by atoms with Crippen molar-refractivity contribution in [2.45, 2.75) is 0 Å². The predicted octanol–water partition coefficient (Wildman–Crippen LogP) is 12.5. The molecule has 9 rings (SSSR count). The second kappa shape index (κ2) is 13.8. The highest BCUT2D eigenvalue weighted by Gasteiger charge is 2.24. The van der Waals surface area contributed by atoms with E-state index in [0.29, 0.717) is 50.6 Å². The van der Waals surface area contributed by atoms with Crippen molar-refractivity contribution >= 4 is 44.1 Å². The smallest absolute Gasteiger partial charge is 0.187 e. The fourth-order valence-corrected chi connectivity index (χ4v) is 7.35. The molecule has 7 heteroatoms. The van der Waals surface area contributed by atoms with E-state index in [-0.39, 0.29) is 0 Å². The Labute approximate surface area is 322 Å². The minimum Gasteiger partial charge on any atom is -0.247 e. The van der Waals surface area contributed by atoms with Gasteiger partial charge in [0, 0.05) is 21.7 Å².